The SMILES string of the molecule is CN(C)C(=O)c1ccc(COc2ccccc2CN2CCN(C(=O)CNC(=O)CCCC3CC4CCCC(C3)C4)CC2)cc1. The molecule has 0 spiro atoms. The van der Waals surface area contributed by atoms with Crippen molar-refractivity contribution in [1.29, 1.82) is 0 Å². The van der Waals surface area contributed by atoms with E-state index in [0.29, 0.717) is 31.7 Å². The van der Waals surface area contributed by atoms with E-state index in [4.69, 9.17) is 4.74 Å². The highest BCUT2D eigenvalue weighted by Crippen LogP contribution is 2.43. The molecule has 1 N–H and O–H groups in total. The minimum atomic E-state index is -0.0177. The van der Waals surface area contributed by atoms with Crippen LogP contribution in [0.25, 0.3) is 0 Å². The topological polar surface area (TPSA) is 82.2 Å². The molecule has 44 heavy (non-hydrogen) atoms. The van der Waals surface area contributed by atoms with E-state index in [1.54, 1.807) is 19.0 Å². The number of rotatable bonds is 12. The molecule has 238 valence electrons. The standard InChI is InChI=1S/C36H50N4O4/c1-38(2)36(43)31-15-13-27(14-16-31)26-44-33-11-4-3-10-32(33)25-39-17-19-40(20-18-39)35(42)24-37-34(41)12-6-9-30-22-28-7-5-8-29(21-28)23-30/h3-4,10-11,13-16,28-30H,5-9,12,17-26H2,1-2H3,(H,37,41). The Bertz CT molecular complexity index is 1240. The van der Waals surface area contributed by atoms with Crippen LogP contribution in [0.1, 0.15) is 79.3 Å². The number of fused-ring (bicyclic) bond motifs is 2. The summed E-state index contributed by atoms with van der Waals surface area (Å²) in [5, 5.41) is 2.88. The van der Waals surface area contributed by atoms with E-state index < -0.39 is 0 Å². The first-order chi connectivity index (χ1) is 21.3. The average molecular weight is 603 g/mol. The molecule has 8 nitrogen and oxygen atoms in total. The summed E-state index contributed by atoms with van der Waals surface area (Å²) >= 11 is 0. The number of carbonyl (C=O) groups excluding carboxylic acids is 3. The smallest absolute Gasteiger partial charge is 0.253 e. The summed E-state index contributed by atoms with van der Waals surface area (Å²) < 4.78 is 6.18. The largest absolute Gasteiger partial charge is 0.489 e. The van der Waals surface area contributed by atoms with Crippen LogP contribution >= 0.6 is 0 Å². The van der Waals surface area contributed by atoms with Crippen LogP contribution < -0.4 is 10.1 Å². The van der Waals surface area contributed by atoms with Crippen LogP contribution in [0.3, 0.4) is 0 Å². The van der Waals surface area contributed by atoms with Crippen molar-refractivity contribution in [2.75, 3.05) is 46.8 Å². The second kappa shape index (κ2) is 15.6. The number of para-hydroxylation sites is 1. The first kappa shape index (κ1) is 32.0. The maximum atomic E-state index is 12.8. The monoisotopic (exact) mass is 602 g/mol. The summed E-state index contributed by atoms with van der Waals surface area (Å²) in [5.41, 5.74) is 2.77. The average Bonchev–Trinajstić information content (AvgIpc) is 3.03. The van der Waals surface area contributed by atoms with Crippen LogP contribution in [0.4, 0.5) is 0 Å². The van der Waals surface area contributed by atoms with Crippen molar-refractivity contribution in [1.82, 2.24) is 20.0 Å². The molecular formula is C36H50N4O4. The van der Waals surface area contributed by atoms with Crippen LogP contribution in [-0.2, 0) is 22.7 Å². The fraction of sp³-hybridized carbons (Fsp3) is 0.583. The quantitative estimate of drug-likeness (QED) is 0.365. The molecule has 5 rings (SSSR count). The van der Waals surface area contributed by atoms with Gasteiger partial charge in [0.2, 0.25) is 11.8 Å². The Morgan fingerprint density at radius 2 is 1.61 bits per heavy atom. The van der Waals surface area contributed by atoms with Crippen molar-refractivity contribution in [3.63, 3.8) is 0 Å². The Morgan fingerprint density at radius 1 is 0.909 bits per heavy atom. The van der Waals surface area contributed by atoms with Gasteiger partial charge >= 0.3 is 0 Å². The van der Waals surface area contributed by atoms with Gasteiger partial charge in [-0.05, 0) is 73.6 Å². The molecule has 1 heterocycles. The highest BCUT2D eigenvalue weighted by atomic mass is 16.5. The van der Waals surface area contributed by atoms with E-state index in [2.05, 4.69) is 16.3 Å². The minimum absolute atomic E-state index is 0.000129. The Balaban J connectivity index is 0.990. The summed E-state index contributed by atoms with van der Waals surface area (Å²) in [6.45, 7) is 4.11. The summed E-state index contributed by atoms with van der Waals surface area (Å²) in [6, 6.07) is 15.6. The molecule has 2 aromatic rings. The maximum Gasteiger partial charge on any atom is 0.253 e. The van der Waals surface area contributed by atoms with Crippen molar-refractivity contribution in [2.45, 2.75) is 70.9 Å². The number of benzene rings is 2. The van der Waals surface area contributed by atoms with Crippen molar-refractivity contribution in [3.8, 4) is 5.75 Å². The van der Waals surface area contributed by atoms with E-state index in [-0.39, 0.29) is 24.3 Å². The molecule has 1 aliphatic heterocycles. The van der Waals surface area contributed by atoms with E-state index in [1.165, 1.54) is 38.5 Å². The van der Waals surface area contributed by atoms with Gasteiger partial charge in [-0.3, -0.25) is 19.3 Å². The molecule has 3 aliphatic rings. The first-order valence-corrected chi connectivity index (χ1v) is 16.6. The molecule has 2 unspecified atom stereocenters. The van der Waals surface area contributed by atoms with Gasteiger partial charge in [-0.2, -0.15) is 0 Å². The highest BCUT2D eigenvalue weighted by Gasteiger charge is 2.31. The number of nitrogens with zero attached hydrogens (tertiary/aromatic N) is 3. The molecule has 0 radical (unpaired) electrons. The number of piperazine rings is 1. The van der Waals surface area contributed by atoms with Gasteiger partial charge in [0.25, 0.3) is 5.91 Å². The van der Waals surface area contributed by atoms with Crippen molar-refractivity contribution >= 4 is 17.7 Å². The third kappa shape index (κ3) is 9.07. The summed E-state index contributed by atoms with van der Waals surface area (Å²) in [4.78, 5) is 43.2. The lowest BCUT2D eigenvalue weighted by atomic mass is 9.67. The zero-order chi connectivity index (χ0) is 30.9. The third-order valence-electron chi connectivity index (χ3n) is 9.77. The molecule has 8 heteroatoms. The van der Waals surface area contributed by atoms with Crippen LogP contribution in [0.15, 0.2) is 48.5 Å². The van der Waals surface area contributed by atoms with Gasteiger partial charge in [-0.15, -0.1) is 0 Å². The van der Waals surface area contributed by atoms with Gasteiger partial charge in [0.1, 0.15) is 12.4 Å². The highest BCUT2D eigenvalue weighted by molar-refractivity contribution is 5.93. The lowest BCUT2D eigenvalue weighted by Gasteiger charge is -2.39. The lowest BCUT2D eigenvalue weighted by Crippen LogP contribution is -2.50. The molecule has 3 amide bonds. The van der Waals surface area contributed by atoms with E-state index in [0.717, 1.165) is 67.1 Å². The molecule has 2 aromatic carbocycles. The van der Waals surface area contributed by atoms with E-state index in [9.17, 15) is 14.4 Å². The summed E-state index contributed by atoms with van der Waals surface area (Å²) in [5.74, 6) is 3.48. The van der Waals surface area contributed by atoms with Crippen LogP contribution in [0.5, 0.6) is 5.75 Å². The number of amides is 3. The molecule has 0 aromatic heterocycles. The molecule has 2 saturated carbocycles. The lowest BCUT2D eigenvalue weighted by molar-refractivity contribution is -0.134. The molecule has 2 bridgehead atoms. The van der Waals surface area contributed by atoms with Gasteiger partial charge in [0.15, 0.2) is 0 Å². The van der Waals surface area contributed by atoms with Crippen molar-refractivity contribution < 1.29 is 19.1 Å². The second-order valence-corrected chi connectivity index (χ2v) is 13.4. The van der Waals surface area contributed by atoms with Crippen LogP contribution in [0.2, 0.25) is 0 Å². The number of hydrogen-bond acceptors (Lipinski definition) is 5. The van der Waals surface area contributed by atoms with Crippen LogP contribution in [-0.4, -0.2) is 79.2 Å². The predicted molar refractivity (Wildman–Crippen MR) is 172 cm³/mol. The molecular weight excluding hydrogens is 552 g/mol. The van der Waals surface area contributed by atoms with Crippen molar-refractivity contribution in [2.24, 2.45) is 17.8 Å². The van der Waals surface area contributed by atoms with Gasteiger partial charge in [0.05, 0.1) is 6.54 Å². The van der Waals surface area contributed by atoms with Crippen LogP contribution in [0, 0.1) is 17.8 Å². The Morgan fingerprint density at radius 3 is 2.32 bits per heavy atom. The first-order valence-electron chi connectivity index (χ1n) is 16.6. The second-order valence-electron chi connectivity index (χ2n) is 13.4. The fourth-order valence-electron chi connectivity index (χ4n) is 7.37. The molecule has 2 aliphatic carbocycles. The van der Waals surface area contributed by atoms with E-state index >= 15 is 0 Å². The van der Waals surface area contributed by atoms with Gasteiger partial charge in [-0.25, -0.2) is 0 Å². The Labute approximate surface area is 263 Å². The third-order valence-corrected chi connectivity index (χ3v) is 9.77. The van der Waals surface area contributed by atoms with Gasteiger partial charge in [0, 0.05) is 64.4 Å². The van der Waals surface area contributed by atoms with Gasteiger partial charge in [-0.1, -0.05) is 49.6 Å². The zero-order valence-electron chi connectivity index (χ0n) is 26.6. The number of carbonyl (C=O) groups is 3. The fourth-order valence-corrected chi connectivity index (χ4v) is 7.37. The Hall–Kier alpha value is -3.39. The molecule has 2 atom stereocenters. The number of hydrogen-bond donors (Lipinski definition) is 1. The van der Waals surface area contributed by atoms with E-state index in [1.807, 2.05) is 47.4 Å². The Kier molecular flexibility index (Phi) is 11.3. The number of ether oxygens (including phenoxy) is 1. The summed E-state index contributed by atoms with van der Waals surface area (Å²) in [6.07, 6.45) is 11.0. The maximum absolute atomic E-state index is 12.8. The normalized spacial score (nSPS) is 21.9. The van der Waals surface area contributed by atoms with Gasteiger partial charge < -0.3 is 19.9 Å². The molecule has 3 fully saturated rings. The predicted octanol–water partition coefficient (Wildman–Crippen LogP) is 5.11. The minimum Gasteiger partial charge on any atom is -0.489 e. The number of nitrogens with one attached hydrogen (secondary N) is 1. The molecule has 1 saturated heterocycles. The van der Waals surface area contributed by atoms with Crippen molar-refractivity contribution in [3.05, 3.63) is 65.2 Å². The zero-order valence-corrected chi connectivity index (χ0v) is 26.6. The summed E-state index contributed by atoms with van der Waals surface area (Å²) in [7, 11) is 3.49.